The van der Waals surface area contributed by atoms with E-state index < -0.39 is 0 Å². The van der Waals surface area contributed by atoms with Crippen LogP contribution in [-0.4, -0.2) is 9.97 Å². The van der Waals surface area contributed by atoms with Crippen LogP contribution in [0, 0.1) is 13.8 Å². The van der Waals surface area contributed by atoms with Gasteiger partial charge >= 0.3 is 0 Å². The Morgan fingerprint density at radius 2 is 1.57 bits per heavy atom. The molecule has 23 heavy (non-hydrogen) atoms. The van der Waals surface area contributed by atoms with Gasteiger partial charge in [0, 0.05) is 27.6 Å². The molecule has 0 aliphatic rings. The summed E-state index contributed by atoms with van der Waals surface area (Å²) in [6.07, 6.45) is 0. The number of hydrogen-bond donors (Lipinski definition) is 2. The SMILES string of the molecule is Cc1cccc(Nc2nc(C)cc(Nc3cccc(Br)c3)n2)c1. The van der Waals surface area contributed by atoms with Gasteiger partial charge in [-0.2, -0.15) is 4.98 Å². The van der Waals surface area contributed by atoms with E-state index in [0.29, 0.717) is 5.95 Å². The fourth-order valence-corrected chi connectivity index (χ4v) is 2.65. The summed E-state index contributed by atoms with van der Waals surface area (Å²) in [5.74, 6) is 1.33. The van der Waals surface area contributed by atoms with E-state index >= 15 is 0 Å². The van der Waals surface area contributed by atoms with Gasteiger partial charge in [0.2, 0.25) is 5.95 Å². The van der Waals surface area contributed by atoms with E-state index in [4.69, 9.17) is 0 Å². The number of rotatable bonds is 4. The highest BCUT2D eigenvalue weighted by atomic mass is 79.9. The first-order valence-electron chi connectivity index (χ1n) is 7.30. The number of anilines is 4. The van der Waals surface area contributed by atoms with Gasteiger partial charge in [0.05, 0.1) is 0 Å². The van der Waals surface area contributed by atoms with Crippen LogP contribution in [0.4, 0.5) is 23.1 Å². The van der Waals surface area contributed by atoms with Crippen LogP contribution in [0.25, 0.3) is 0 Å². The van der Waals surface area contributed by atoms with Crippen LogP contribution in [-0.2, 0) is 0 Å². The van der Waals surface area contributed by atoms with Gasteiger partial charge < -0.3 is 10.6 Å². The average Bonchev–Trinajstić information content (AvgIpc) is 2.46. The molecule has 1 heterocycles. The van der Waals surface area contributed by atoms with Crippen molar-refractivity contribution in [1.29, 1.82) is 0 Å². The molecule has 3 aromatic rings. The van der Waals surface area contributed by atoms with Crippen molar-refractivity contribution in [1.82, 2.24) is 9.97 Å². The number of nitrogens with one attached hydrogen (secondary N) is 2. The molecule has 0 spiro atoms. The Labute approximate surface area is 144 Å². The molecule has 0 bridgehead atoms. The van der Waals surface area contributed by atoms with E-state index in [2.05, 4.69) is 55.6 Å². The highest BCUT2D eigenvalue weighted by Crippen LogP contribution is 2.21. The summed E-state index contributed by atoms with van der Waals surface area (Å²) in [6.45, 7) is 4.01. The van der Waals surface area contributed by atoms with Gasteiger partial charge in [-0.3, -0.25) is 0 Å². The van der Waals surface area contributed by atoms with Crippen molar-refractivity contribution in [2.75, 3.05) is 10.6 Å². The Bertz CT molecular complexity index is 767. The predicted molar refractivity (Wildman–Crippen MR) is 98.7 cm³/mol. The zero-order valence-electron chi connectivity index (χ0n) is 13.0. The zero-order valence-corrected chi connectivity index (χ0v) is 14.6. The molecule has 0 saturated carbocycles. The van der Waals surface area contributed by atoms with Crippen LogP contribution >= 0.6 is 15.9 Å². The molecule has 1 aromatic heterocycles. The smallest absolute Gasteiger partial charge is 0.229 e. The lowest BCUT2D eigenvalue weighted by atomic mass is 10.2. The van der Waals surface area contributed by atoms with Crippen LogP contribution in [0.5, 0.6) is 0 Å². The van der Waals surface area contributed by atoms with Crippen LogP contribution in [0.2, 0.25) is 0 Å². The minimum atomic E-state index is 0.577. The largest absolute Gasteiger partial charge is 0.340 e. The Morgan fingerprint density at radius 1 is 0.826 bits per heavy atom. The van der Waals surface area contributed by atoms with Gasteiger partial charge in [-0.15, -0.1) is 0 Å². The molecule has 0 radical (unpaired) electrons. The molecule has 0 amide bonds. The molecule has 2 N–H and O–H groups in total. The minimum Gasteiger partial charge on any atom is -0.340 e. The summed E-state index contributed by atoms with van der Waals surface area (Å²) >= 11 is 3.47. The third-order valence-corrected chi connectivity index (χ3v) is 3.72. The van der Waals surface area contributed by atoms with Crippen LogP contribution in [0.3, 0.4) is 0 Å². The highest BCUT2D eigenvalue weighted by molar-refractivity contribution is 9.10. The molecule has 0 unspecified atom stereocenters. The topological polar surface area (TPSA) is 49.8 Å². The third kappa shape index (κ3) is 4.29. The Hall–Kier alpha value is -2.40. The Morgan fingerprint density at radius 3 is 2.30 bits per heavy atom. The lowest BCUT2D eigenvalue weighted by Crippen LogP contribution is -2.02. The highest BCUT2D eigenvalue weighted by Gasteiger charge is 2.04. The van der Waals surface area contributed by atoms with Crippen LogP contribution in [0.1, 0.15) is 11.3 Å². The first kappa shape index (κ1) is 15.5. The van der Waals surface area contributed by atoms with E-state index in [1.54, 1.807) is 0 Å². The summed E-state index contributed by atoms with van der Waals surface area (Å²) in [7, 11) is 0. The van der Waals surface area contributed by atoms with Crippen LogP contribution < -0.4 is 10.6 Å². The molecular formula is C18H17BrN4. The van der Waals surface area contributed by atoms with Crippen molar-refractivity contribution in [2.45, 2.75) is 13.8 Å². The van der Waals surface area contributed by atoms with E-state index in [1.807, 2.05) is 49.4 Å². The second kappa shape index (κ2) is 6.79. The van der Waals surface area contributed by atoms with Gasteiger partial charge in [0.1, 0.15) is 5.82 Å². The van der Waals surface area contributed by atoms with Gasteiger partial charge in [0.25, 0.3) is 0 Å². The lowest BCUT2D eigenvalue weighted by molar-refractivity contribution is 1.11. The average molecular weight is 369 g/mol. The first-order chi connectivity index (χ1) is 11.1. The standard InChI is InChI=1S/C18H17BrN4/c1-12-5-3-7-15(9-12)22-18-20-13(2)10-17(23-18)21-16-8-4-6-14(19)11-16/h3-11H,1-2H3,(H2,20,21,22,23). The van der Waals surface area contributed by atoms with Crippen molar-refractivity contribution >= 4 is 39.1 Å². The number of benzene rings is 2. The lowest BCUT2D eigenvalue weighted by Gasteiger charge is -2.10. The zero-order chi connectivity index (χ0) is 16.2. The summed E-state index contributed by atoms with van der Waals surface area (Å²) in [5, 5.41) is 6.55. The Balaban J connectivity index is 1.84. The second-order valence-corrected chi connectivity index (χ2v) is 6.26. The fraction of sp³-hybridized carbons (Fsp3) is 0.111. The molecule has 5 heteroatoms. The van der Waals surface area contributed by atoms with Crippen molar-refractivity contribution in [3.05, 3.63) is 70.3 Å². The van der Waals surface area contributed by atoms with Gasteiger partial charge in [-0.1, -0.05) is 34.1 Å². The molecule has 3 rings (SSSR count). The van der Waals surface area contributed by atoms with Gasteiger partial charge in [0.15, 0.2) is 0 Å². The van der Waals surface area contributed by atoms with E-state index in [0.717, 1.165) is 27.4 Å². The van der Waals surface area contributed by atoms with Crippen LogP contribution in [0.15, 0.2) is 59.1 Å². The minimum absolute atomic E-state index is 0.577. The summed E-state index contributed by atoms with van der Waals surface area (Å²) < 4.78 is 1.02. The maximum absolute atomic E-state index is 4.53. The normalized spacial score (nSPS) is 10.4. The summed E-state index contributed by atoms with van der Waals surface area (Å²) in [5.41, 5.74) is 4.03. The molecule has 4 nitrogen and oxygen atoms in total. The maximum Gasteiger partial charge on any atom is 0.229 e. The van der Waals surface area contributed by atoms with Crippen molar-refractivity contribution in [3.63, 3.8) is 0 Å². The summed E-state index contributed by atoms with van der Waals surface area (Å²) in [6, 6.07) is 18.0. The predicted octanol–water partition coefficient (Wildman–Crippen LogP) is 5.34. The van der Waals surface area contributed by atoms with Crippen molar-refractivity contribution in [2.24, 2.45) is 0 Å². The number of aryl methyl sites for hydroxylation is 2. The monoisotopic (exact) mass is 368 g/mol. The molecule has 0 aliphatic heterocycles. The number of hydrogen-bond acceptors (Lipinski definition) is 4. The molecule has 2 aromatic carbocycles. The fourth-order valence-electron chi connectivity index (χ4n) is 2.25. The van der Waals surface area contributed by atoms with E-state index in [-0.39, 0.29) is 0 Å². The van der Waals surface area contributed by atoms with Crippen molar-refractivity contribution < 1.29 is 0 Å². The molecule has 116 valence electrons. The van der Waals surface area contributed by atoms with Gasteiger partial charge in [-0.05, 0) is 49.7 Å². The quantitative estimate of drug-likeness (QED) is 0.652. The Kier molecular flexibility index (Phi) is 4.57. The summed E-state index contributed by atoms with van der Waals surface area (Å²) in [4.78, 5) is 8.98. The molecule has 0 aliphatic carbocycles. The molecule has 0 fully saturated rings. The molecular weight excluding hydrogens is 352 g/mol. The maximum atomic E-state index is 4.53. The van der Waals surface area contributed by atoms with E-state index in [9.17, 15) is 0 Å². The van der Waals surface area contributed by atoms with Gasteiger partial charge in [-0.25, -0.2) is 4.98 Å². The van der Waals surface area contributed by atoms with Crippen molar-refractivity contribution in [3.8, 4) is 0 Å². The molecule has 0 saturated heterocycles. The molecule has 0 atom stereocenters. The first-order valence-corrected chi connectivity index (χ1v) is 8.10. The third-order valence-electron chi connectivity index (χ3n) is 3.23. The van der Waals surface area contributed by atoms with E-state index in [1.165, 1.54) is 5.56 Å². The number of nitrogens with zero attached hydrogens (tertiary/aromatic N) is 2. The number of halogens is 1. The number of aromatic nitrogens is 2. The second-order valence-electron chi connectivity index (χ2n) is 5.35.